The molecule has 1 aromatic heterocycles. The second-order valence-corrected chi connectivity index (χ2v) is 12.3. The van der Waals surface area contributed by atoms with Crippen LogP contribution in [0, 0.1) is 0 Å². The highest BCUT2D eigenvalue weighted by molar-refractivity contribution is 7.91. The molecule has 0 saturated heterocycles. The van der Waals surface area contributed by atoms with Gasteiger partial charge in [-0.15, -0.1) is 0 Å². The molecule has 0 radical (unpaired) electrons. The summed E-state index contributed by atoms with van der Waals surface area (Å²) in [5.74, 6) is -1.62. The molecule has 0 aliphatic carbocycles. The molecule has 2 N–H and O–H groups in total. The summed E-state index contributed by atoms with van der Waals surface area (Å²) in [6, 6.07) is 32.2. The summed E-state index contributed by atoms with van der Waals surface area (Å²) in [6.07, 6.45) is 1.10. The van der Waals surface area contributed by atoms with E-state index in [1.54, 1.807) is 16.8 Å². The summed E-state index contributed by atoms with van der Waals surface area (Å²) in [4.78, 5) is 11.9. The van der Waals surface area contributed by atoms with Gasteiger partial charge in [-0.2, -0.15) is 5.10 Å². The maximum atomic E-state index is 13.1. The van der Waals surface area contributed by atoms with Crippen molar-refractivity contribution in [1.29, 1.82) is 0 Å². The highest BCUT2D eigenvalue weighted by Crippen LogP contribution is 2.30. The molecule has 5 rings (SSSR count). The van der Waals surface area contributed by atoms with Gasteiger partial charge in [0.25, 0.3) is 0 Å². The molecule has 9 heteroatoms. The van der Waals surface area contributed by atoms with Gasteiger partial charge in [0, 0.05) is 16.1 Å². The van der Waals surface area contributed by atoms with Gasteiger partial charge in [0.1, 0.15) is 11.9 Å². The van der Waals surface area contributed by atoms with Crippen LogP contribution in [0.3, 0.4) is 0 Å². The topological polar surface area (TPSA) is 101 Å². The van der Waals surface area contributed by atoms with E-state index in [-0.39, 0.29) is 11.3 Å². The normalized spacial score (nSPS) is 12.2. The molecule has 0 saturated carbocycles. The fourth-order valence-electron chi connectivity index (χ4n) is 4.64. The molecule has 0 aliphatic rings. The summed E-state index contributed by atoms with van der Waals surface area (Å²) in [7, 11) is -3.81. The lowest BCUT2D eigenvalue weighted by atomic mass is 10.1. The van der Waals surface area contributed by atoms with Crippen molar-refractivity contribution in [1.82, 2.24) is 15.1 Å². The molecule has 214 valence electrons. The van der Waals surface area contributed by atoms with Crippen molar-refractivity contribution in [2.75, 3.05) is 5.88 Å². The third-order valence-electron chi connectivity index (χ3n) is 7.05. The lowest BCUT2D eigenvalue weighted by Gasteiger charge is -2.15. The summed E-state index contributed by atoms with van der Waals surface area (Å²) in [6.45, 7) is 2.11. The predicted octanol–water partition coefficient (Wildman–Crippen LogP) is 6.44. The van der Waals surface area contributed by atoms with Gasteiger partial charge in [-0.1, -0.05) is 85.3 Å². The van der Waals surface area contributed by atoms with Crippen molar-refractivity contribution < 1.29 is 18.3 Å². The number of carboxylic acid groups (broad SMARTS) is 1. The molecule has 1 unspecified atom stereocenters. The van der Waals surface area contributed by atoms with Gasteiger partial charge in [-0.25, -0.2) is 13.1 Å². The second-order valence-electron chi connectivity index (χ2n) is 9.92. The van der Waals surface area contributed by atoms with Gasteiger partial charge in [-0.05, 0) is 66.4 Å². The Kier molecular flexibility index (Phi) is 8.87. The fraction of sp³-hybridized carbons (Fsp3) is 0.152. The molecule has 5 aromatic rings. The van der Waals surface area contributed by atoms with Gasteiger partial charge < -0.3 is 5.11 Å². The largest absolute Gasteiger partial charge is 0.480 e. The minimum atomic E-state index is -3.81. The molecular formula is C33H30ClN3O4S. The number of aryl methyl sites for hydroxylation is 1. The number of sulfone groups is 1. The smallest absolute Gasteiger partial charge is 0.321 e. The van der Waals surface area contributed by atoms with Crippen LogP contribution in [0.5, 0.6) is 0 Å². The second kappa shape index (κ2) is 12.7. The van der Waals surface area contributed by atoms with Gasteiger partial charge >= 0.3 is 5.97 Å². The number of nitrogens with one attached hydrogen (secondary N) is 1. The summed E-state index contributed by atoms with van der Waals surface area (Å²) < 4.78 is 28.1. The summed E-state index contributed by atoms with van der Waals surface area (Å²) in [5, 5.41) is 17.8. The standard InChI is InChI=1S/C33H30ClN3O4S/c1-2-23-8-10-26(11-9-23)32-21-30(25-12-14-27(34)15-13-25)36-37(32)28-16-18-29(19-17-28)42(40,41)22-35-31(33(38)39)20-24-6-4-3-5-7-24/h3-19,21,31,35H,2,20,22H2,1H3,(H,38,39). The van der Waals surface area contributed by atoms with E-state index in [0.29, 0.717) is 10.7 Å². The number of rotatable bonds is 11. The van der Waals surface area contributed by atoms with Crippen LogP contribution in [0.25, 0.3) is 28.2 Å². The Morgan fingerprint density at radius 3 is 2.14 bits per heavy atom. The number of carbonyl (C=O) groups is 1. The zero-order chi connectivity index (χ0) is 29.7. The lowest BCUT2D eigenvalue weighted by Crippen LogP contribution is -2.41. The number of halogens is 1. The average molecular weight is 600 g/mol. The predicted molar refractivity (Wildman–Crippen MR) is 166 cm³/mol. The molecular weight excluding hydrogens is 570 g/mol. The zero-order valence-corrected chi connectivity index (χ0v) is 24.5. The molecule has 0 amide bonds. The first kappa shape index (κ1) is 29.3. The number of nitrogens with zero attached hydrogens (tertiary/aromatic N) is 2. The van der Waals surface area contributed by atoms with E-state index in [4.69, 9.17) is 16.7 Å². The molecule has 4 aromatic carbocycles. The number of aromatic nitrogens is 2. The minimum Gasteiger partial charge on any atom is -0.480 e. The Morgan fingerprint density at radius 2 is 1.52 bits per heavy atom. The van der Waals surface area contributed by atoms with E-state index in [2.05, 4.69) is 36.5 Å². The van der Waals surface area contributed by atoms with Crippen molar-refractivity contribution in [3.05, 3.63) is 125 Å². The molecule has 0 bridgehead atoms. The Morgan fingerprint density at radius 1 is 0.881 bits per heavy atom. The molecule has 1 heterocycles. The first-order chi connectivity index (χ1) is 20.2. The van der Waals surface area contributed by atoms with Crippen LogP contribution in [-0.4, -0.2) is 41.2 Å². The molecule has 1 atom stereocenters. The molecule has 42 heavy (non-hydrogen) atoms. The number of carboxylic acids is 1. The molecule has 7 nitrogen and oxygen atoms in total. The van der Waals surface area contributed by atoms with Gasteiger partial charge in [-0.3, -0.25) is 10.1 Å². The number of hydrogen-bond donors (Lipinski definition) is 2. The van der Waals surface area contributed by atoms with Crippen LogP contribution >= 0.6 is 11.6 Å². The average Bonchev–Trinajstić information content (AvgIpc) is 3.45. The minimum absolute atomic E-state index is 0.0847. The van der Waals surface area contributed by atoms with Crippen LogP contribution in [0.1, 0.15) is 18.1 Å². The van der Waals surface area contributed by atoms with E-state index < -0.39 is 27.7 Å². The first-order valence-corrected chi connectivity index (χ1v) is 15.5. The summed E-state index contributed by atoms with van der Waals surface area (Å²) in [5.41, 5.74) is 6.18. The number of benzene rings is 4. The Balaban J connectivity index is 1.41. The Hall–Kier alpha value is -4.24. The van der Waals surface area contributed by atoms with Crippen molar-refractivity contribution in [2.45, 2.75) is 30.7 Å². The Bertz CT molecular complexity index is 1770. The fourth-order valence-corrected chi connectivity index (χ4v) is 5.91. The van der Waals surface area contributed by atoms with Gasteiger partial charge in [0.15, 0.2) is 9.84 Å². The molecule has 0 fully saturated rings. The number of aliphatic carboxylic acids is 1. The van der Waals surface area contributed by atoms with E-state index in [1.165, 1.54) is 17.7 Å². The van der Waals surface area contributed by atoms with Crippen molar-refractivity contribution in [3.8, 4) is 28.2 Å². The van der Waals surface area contributed by atoms with E-state index in [9.17, 15) is 18.3 Å². The summed E-state index contributed by atoms with van der Waals surface area (Å²) >= 11 is 6.09. The van der Waals surface area contributed by atoms with Gasteiger partial charge in [0.2, 0.25) is 0 Å². The SMILES string of the molecule is CCc1ccc(-c2cc(-c3ccc(Cl)cc3)nn2-c2ccc(S(=O)(=O)CNC(Cc3ccccc3)C(=O)O)cc2)cc1. The van der Waals surface area contributed by atoms with Crippen LogP contribution in [0.2, 0.25) is 5.02 Å². The van der Waals surface area contributed by atoms with Crippen molar-refractivity contribution in [3.63, 3.8) is 0 Å². The third kappa shape index (κ3) is 6.79. The highest BCUT2D eigenvalue weighted by atomic mass is 35.5. The van der Waals surface area contributed by atoms with E-state index in [1.807, 2.05) is 60.7 Å². The number of hydrogen-bond acceptors (Lipinski definition) is 5. The monoisotopic (exact) mass is 599 g/mol. The van der Waals surface area contributed by atoms with E-state index in [0.717, 1.165) is 34.5 Å². The first-order valence-electron chi connectivity index (χ1n) is 13.5. The Labute approximate surface area is 250 Å². The maximum Gasteiger partial charge on any atom is 0.321 e. The van der Waals surface area contributed by atoms with Crippen molar-refractivity contribution in [2.24, 2.45) is 0 Å². The molecule has 0 spiro atoms. The highest BCUT2D eigenvalue weighted by Gasteiger charge is 2.22. The van der Waals surface area contributed by atoms with Crippen LogP contribution in [0.4, 0.5) is 0 Å². The quantitative estimate of drug-likeness (QED) is 0.181. The van der Waals surface area contributed by atoms with Crippen LogP contribution in [-0.2, 0) is 27.5 Å². The molecule has 0 aliphatic heterocycles. The van der Waals surface area contributed by atoms with Gasteiger partial charge in [0.05, 0.1) is 22.0 Å². The van der Waals surface area contributed by atoms with Crippen molar-refractivity contribution >= 4 is 27.4 Å². The lowest BCUT2D eigenvalue weighted by molar-refractivity contribution is -0.139. The third-order valence-corrected chi connectivity index (χ3v) is 8.84. The van der Waals surface area contributed by atoms with Crippen LogP contribution < -0.4 is 5.32 Å². The maximum absolute atomic E-state index is 13.1. The van der Waals surface area contributed by atoms with E-state index >= 15 is 0 Å². The van der Waals surface area contributed by atoms with Crippen LogP contribution in [0.15, 0.2) is 114 Å². The zero-order valence-electron chi connectivity index (χ0n) is 22.9.